The molecule has 1 aromatic heterocycles. The number of aromatic amines is 1. The maximum atomic E-state index is 13.5. The van der Waals surface area contributed by atoms with E-state index in [1.165, 1.54) is 12.1 Å². The normalized spacial score (nSPS) is 15.7. The van der Waals surface area contributed by atoms with E-state index in [1.54, 1.807) is 12.1 Å². The fourth-order valence-corrected chi connectivity index (χ4v) is 3.88. The Labute approximate surface area is 165 Å². The number of benzene rings is 3. The van der Waals surface area contributed by atoms with Crippen LogP contribution in [0.4, 0.5) is 4.39 Å². The van der Waals surface area contributed by atoms with E-state index in [1.807, 2.05) is 42.5 Å². The first-order chi connectivity index (χ1) is 14.2. The zero-order chi connectivity index (χ0) is 20.0. The van der Waals surface area contributed by atoms with Crippen LogP contribution in [0.15, 0.2) is 78.2 Å². The van der Waals surface area contributed by atoms with Gasteiger partial charge in [-0.3, -0.25) is 5.10 Å². The highest BCUT2D eigenvalue weighted by atomic mass is 19.1. The Morgan fingerprint density at radius 1 is 1.03 bits per heavy atom. The summed E-state index contributed by atoms with van der Waals surface area (Å²) in [6.07, 6.45) is 0. The zero-order valence-electron chi connectivity index (χ0n) is 15.2. The van der Waals surface area contributed by atoms with Gasteiger partial charge in [0, 0.05) is 5.56 Å². The van der Waals surface area contributed by atoms with Crippen LogP contribution in [0.5, 0.6) is 5.88 Å². The first-order valence-corrected chi connectivity index (χ1v) is 9.07. The molecule has 3 N–H and O–H groups in total. The maximum absolute atomic E-state index is 13.5. The summed E-state index contributed by atoms with van der Waals surface area (Å²) < 4.78 is 19.2. The molecule has 0 fully saturated rings. The average molecular weight is 382 g/mol. The summed E-state index contributed by atoms with van der Waals surface area (Å²) in [4.78, 5) is 0. The summed E-state index contributed by atoms with van der Waals surface area (Å²) in [5.74, 6) is -0.543. The predicted molar refractivity (Wildman–Crippen MR) is 107 cm³/mol. The second-order valence-corrected chi connectivity index (χ2v) is 6.82. The topological polar surface area (TPSA) is 87.7 Å². The van der Waals surface area contributed by atoms with Gasteiger partial charge in [-0.05, 0) is 28.5 Å². The third kappa shape index (κ3) is 2.64. The maximum Gasteiger partial charge on any atom is 0.244 e. The van der Waals surface area contributed by atoms with E-state index in [9.17, 15) is 9.65 Å². The molecule has 0 saturated carbocycles. The molecule has 1 atom stereocenters. The molecule has 0 bridgehead atoms. The molecule has 5 rings (SSSR count). The van der Waals surface area contributed by atoms with Gasteiger partial charge in [-0.15, -0.1) is 5.10 Å². The number of aromatic nitrogens is 2. The van der Waals surface area contributed by atoms with Crippen molar-refractivity contribution in [3.05, 3.63) is 95.1 Å². The lowest BCUT2D eigenvalue weighted by atomic mass is 9.82. The molecule has 29 heavy (non-hydrogen) atoms. The van der Waals surface area contributed by atoms with Gasteiger partial charge in [-0.25, -0.2) is 4.39 Å². The second-order valence-electron chi connectivity index (χ2n) is 6.82. The highest BCUT2D eigenvalue weighted by molar-refractivity contribution is 5.97. The number of nitrogens with two attached hydrogens (primary N) is 1. The molecule has 1 aliphatic heterocycles. The lowest BCUT2D eigenvalue weighted by Gasteiger charge is -2.24. The number of nitriles is 1. The molecular formula is C23H15FN4O. The first kappa shape index (κ1) is 17.0. The Bertz CT molecular complexity index is 1310. The minimum atomic E-state index is -0.517. The lowest BCUT2D eigenvalue weighted by molar-refractivity contribution is 0.379. The molecule has 140 valence electrons. The van der Waals surface area contributed by atoms with Crippen molar-refractivity contribution in [3.8, 4) is 23.2 Å². The Kier molecular flexibility index (Phi) is 3.81. The van der Waals surface area contributed by atoms with Gasteiger partial charge in [0.2, 0.25) is 11.8 Å². The van der Waals surface area contributed by atoms with E-state index in [0.717, 1.165) is 27.6 Å². The molecule has 0 unspecified atom stereocenters. The number of nitrogens with zero attached hydrogens (tertiary/aromatic N) is 2. The molecule has 3 aromatic carbocycles. The Hall–Kier alpha value is -4.11. The summed E-state index contributed by atoms with van der Waals surface area (Å²) >= 11 is 0. The van der Waals surface area contributed by atoms with E-state index in [2.05, 4.69) is 16.3 Å². The SMILES string of the molecule is N#CC1=C(N)Oc2n[nH]c(-c3cccc4ccccc34)c2[C@@H]1c1ccc(F)cc1. The van der Waals surface area contributed by atoms with Crippen molar-refractivity contribution in [2.45, 2.75) is 5.92 Å². The van der Waals surface area contributed by atoms with Crippen molar-refractivity contribution >= 4 is 10.8 Å². The number of allylic oxidation sites excluding steroid dienone is 1. The van der Waals surface area contributed by atoms with Crippen molar-refractivity contribution in [1.82, 2.24) is 10.2 Å². The molecule has 0 amide bonds. The predicted octanol–water partition coefficient (Wildman–Crippen LogP) is 4.59. The zero-order valence-corrected chi connectivity index (χ0v) is 15.2. The summed E-state index contributed by atoms with van der Waals surface area (Å²) in [7, 11) is 0. The van der Waals surface area contributed by atoms with Gasteiger partial charge in [0.05, 0.1) is 17.2 Å². The first-order valence-electron chi connectivity index (χ1n) is 9.07. The Morgan fingerprint density at radius 2 is 1.79 bits per heavy atom. The number of ether oxygens (including phenoxy) is 1. The molecule has 0 spiro atoms. The van der Waals surface area contributed by atoms with Crippen LogP contribution < -0.4 is 10.5 Å². The van der Waals surface area contributed by atoms with Gasteiger partial charge in [0.1, 0.15) is 17.5 Å². The standard InChI is InChI=1S/C23H15FN4O/c24-15-10-8-14(9-11-15)19-18(12-25)22(26)29-23-20(19)21(27-28-23)17-7-3-5-13-4-1-2-6-16(13)17/h1-11,19H,26H2,(H,27,28)/t19-/m1/s1. The molecule has 2 heterocycles. The number of hydrogen-bond donors (Lipinski definition) is 2. The van der Waals surface area contributed by atoms with E-state index in [4.69, 9.17) is 10.5 Å². The van der Waals surface area contributed by atoms with Crippen LogP contribution in [0.3, 0.4) is 0 Å². The molecule has 0 aliphatic carbocycles. The van der Waals surface area contributed by atoms with Crippen LogP contribution in [0.1, 0.15) is 17.0 Å². The van der Waals surface area contributed by atoms with Crippen molar-refractivity contribution in [3.63, 3.8) is 0 Å². The van der Waals surface area contributed by atoms with Crippen LogP contribution in [0, 0.1) is 17.1 Å². The molecule has 4 aromatic rings. The fourth-order valence-electron chi connectivity index (χ4n) is 3.88. The Balaban J connectivity index is 1.78. The summed E-state index contributed by atoms with van der Waals surface area (Å²) in [6.45, 7) is 0. The number of nitrogens with one attached hydrogen (secondary N) is 1. The average Bonchev–Trinajstić information content (AvgIpc) is 3.16. The molecule has 1 aliphatic rings. The highest BCUT2D eigenvalue weighted by Crippen LogP contribution is 2.46. The van der Waals surface area contributed by atoms with E-state index >= 15 is 0 Å². The third-order valence-electron chi connectivity index (χ3n) is 5.20. The number of halogens is 1. The van der Waals surface area contributed by atoms with E-state index in [-0.39, 0.29) is 17.3 Å². The van der Waals surface area contributed by atoms with Gasteiger partial charge in [0.25, 0.3) is 0 Å². The van der Waals surface area contributed by atoms with Crippen LogP contribution in [-0.4, -0.2) is 10.2 Å². The molecule has 6 heteroatoms. The molecular weight excluding hydrogens is 367 g/mol. The lowest BCUT2D eigenvalue weighted by Crippen LogP contribution is -2.21. The van der Waals surface area contributed by atoms with Gasteiger partial charge < -0.3 is 10.5 Å². The Morgan fingerprint density at radius 3 is 2.59 bits per heavy atom. The summed E-state index contributed by atoms with van der Waals surface area (Å²) in [5.41, 5.74) is 9.40. The van der Waals surface area contributed by atoms with Crippen molar-refractivity contribution in [1.29, 1.82) is 5.26 Å². The minimum Gasteiger partial charge on any atom is -0.420 e. The van der Waals surface area contributed by atoms with Crippen molar-refractivity contribution in [2.75, 3.05) is 0 Å². The van der Waals surface area contributed by atoms with E-state index < -0.39 is 5.92 Å². The molecule has 0 saturated heterocycles. The van der Waals surface area contributed by atoms with Crippen LogP contribution in [-0.2, 0) is 0 Å². The van der Waals surface area contributed by atoms with Gasteiger partial charge in [-0.1, -0.05) is 54.6 Å². The van der Waals surface area contributed by atoms with Crippen molar-refractivity contribution < 1.29 is 9.13 Å². The number of fused-ring (bicyclic) bond motifs is 2. The monoisotopic (exact) mass is 382 g/mol. The van der Waals surface area contributed by atoms with Crippen LogP contribution in [0.2, 0.25) is 0 Å². The number of H-pyrrole nitrogens is 1. The van der Waals surface area contributed by atoms with E-state index in [0.29, 0.717) is 11.4 Å². The second kappa shape index (κ2) is 6.50. The third-order valence-corrected chi connectivity index (χ3v) is 5.20. The van der Waals surface area contributed by atoms with Gasteiger partial charge >= 0.3 is 0 Å². The van der Waals surface area contributed by atoms with Crippen LogP contribution in [0.25, 0.3) is 22.0 Å². The fraction of sp³-hybridized carbons (Fsp3) is 0.0435. The summed E-state index contributed by atoms with van der Waals surface area (Å²) in [6, 6.07) is 22.2. The molecule has 0 radical (unpaired) electrons. The van der Waals surface area contributed by atoms with Crippen molar-refractivity contribution in [2.24, 2.45) is 5.73 Å². The smallest absolute Gasteiger partial charge is 0.244 e. The molecule has 5 nitrogen and oxygen atoms in total. The number of hydrogen-bond acceptors (Lipinski definition) is 4. The summed E-state index contributed by atoms with van der Waals surface area (Å²) in [5, 5.41) is 19.3. The minimum absolute atomic E-state index is 0.00490. The highest BCUT2D eigenvalue weighted by Gasteiger charge is 2.35. The number of rotatable bonds is 2. The van der Waals surface area contributed by atoms with Crippen LogP contribution >= 0.6 is 0 Å². The quantitative estimate of drug-likeness (QED) is 0.531. The van der Waals surface area contributed by atoms with Gasteiger partial charge in [-0.2, -0.15) is 5.26 Å². The largest absolute Gasteiger partial charge is 0.420 e. The van der Waals surface area contributed by atoms with Gasteiger partial charge in [0.15, 0.2) is 0 Å².